The van der Waals surface area contributed by atoms with Crippen LogP contribution >= 0.6 is 0 Å². The molecule has 0 heterocycles. The van der Waals surface area contributed by atoms with Crippen molar-refractivity contribution in [3.8, 4) is 0 Å². The summed E-state index contributed by atoms with van der Waals surface area (Å²) in [6.45, 7) is 4.79. The van der Waals surface area contributed by atoms with Crippen LogP contribution in [0.1, 0.15) is 27.7 Å². The third kappa shape index (κ3) is 3.27. The molecule has 0 radical (unpaired) electrons. The summed E-state index contributed by atoms with van der Waals surface area (Å²) >= 11 is 0. The first kappa shape index (κ1) is 16.5. The van der Waals surface area contributed by atoms with Crippen molar-refractivity contribution in [3.05, 3.63) is 0 Å². The number of carbonyl (C=O) groups excluding carboxylic acids is 1. The molecule has 0 rings (SSSR count). The quantitative estimate of drug-likeness (QED) is 0.836. The number of carbonyl (C=O) groups is 2. The molecule has 1 unspecified atom stereocenters. The molecule has 0 aromatic heterocycles. The topological polar surface area (TPSA) is 66.8 Å². The van der Waals surface area contributed by atoms with Gasteiger partial charge in [0.2, 0.25) is 5.54 Å². The van der Waals surface area contributed by atoms with Gasteiger partial charge in [-0.05, 0) is 27.7 Å². The number of rotatable bonds is 2. The van der Waals surface area contributed by atoms with E-state index in [-0.39, 0.29) is 4.90 Å². The van der Waals surface area contributed by atoms with E-state index in [0.717, 1.165) is 7.05 Å². The van der Waals surface area contributed by atoms with Crippen LogP contribution in [0.2, 0.25) is 0 Å². The normalized spacial score (nSPS) is 15.8. The van der Waals surface area contributed by atoms with Crippen LogP contribution in [0.3, 0.4) is 0 Å². The lowest BCUT2D eigenvalue weighted by Crippen LogP contribution is -2.62. The van der Waals surface area contributed by atoms with Gasteiger partial charge >= 0.3 is 18.2 Å². The number of carboxylic acid groups (broad SMARTS) is 1. The highest BCUT2D eigenvalue weighted by Crippen LogP contribution is 2.35. The smallest absolute Gasteiger partial charge is 0.422 e. The van der Waals surface area contributed by atoms with Crippen molar-refractivity contribution in [2.75, 3.05) is 7.05 Å². The minimum absolute atomic E-state index is 0.0284. The molecule has 0 bridgehead atoms. The molecule has 18 heavy (non-hydrogen) atoms. The maximum absolute atomic E-state index is 12.8. The summed E-state index contributed by atoms with van der Waals surface area (Å²) < 4.78 is 43.0. The van der Waals surface area contributed by atoms with Crippen molar-refractivity contribution in [3.63, 3.8) is 0 Å². The van der Waals surface area contributed by atoms with Gasteiger partial charge in [-0.25, -0.2) is 9.59 Å². The second-order valence-corrected chi connectivity index (χ2v) is 4.91. The summed E-state index contributed by atoms with van der Waals surface area (Å²) in [6, 6.07) is 0. The van der Waals surface area contributed by atoms with Crippen molar-refractivity contribution in [1.29, 1.82) is 0 Å². The molecule has 5 nitrogen and oxygen atoms in total. The van der Waals surface area contributed by atoms with Crippen LogP contribution in [0.25, 0.3) is 0 Å². The van der Waals surface area contributed by atoms with Crippen molar-refractivity contribution in [2.24, 2.45) is 0 Å². The summed E-state index contributed by atoms with van der Waals surface area (Å²) in [6.07, 6.45) is -6.48. The van der Waals surface area contributed by atoms with Crippen LogP contribution in [0.4, 0.5) is 18.0 Å². The molecule has 0 saturated carbocycles. The van der Waals surface area contributed by atoms with E-state index in [1.807, 2.05) is 0 Å². The van der Waals surface area contributed by atoms with Gasteiger partial charge in [0.05, 0.1) is 0 Å². The number of halogens is 3. The van der Waals surface area contributed by atoms with E-state index in [2.05, 4.69) is 0 Å². The SMILES string of the molecule is CN(C(=O)OC(C)(C)C)C(C)(C(=O)O)C(F)(F)F. The number of hydrogen-bond donors (Lipinski definition) is 1. The van der Waals surface area contributed by atoms with Gasteiger partial charge in [0.1, 0.15) is 5.60 Å². The molecule has 0 spiro atoms. The number of ether oxygens (including phenoxy) is 1. The van der Waals surface area contributed by atoms with E-state index < -0.39 is 29.4 Å². The standard InChI is InChI=1S/C10H16F3NO4/c1-8(2,3)18-7(17)14(5)9(4,6(15)16)10(11,12)13/h1-5H3,(H,15,16). The van der Waals surface area contributed by atoms with Gasteiger partial charge in [0, 0.05) is 7.05 Å². The summed E-state index contributed by atoms with van der Waals surface area (Å²) in [7, 11) is 0.732. The number of amides is 1. The molecule has 0 aromatic carbocycles. The second-order valence-electron chi connectivity index (χ2n) is 4.91. The van der Waals surface area contributed by atoms with Crippen LogP contribution in [0.15, 0.2) is 0 Å². The zero-order valence-corrected chi connectivity index (χ0v) is 10.8. The van der Waals surface area contributed by atoms with Gasteiger partial charge in [0.15, 0.2) is 0 Å². The van der Waals surface area contributed by atoms with E-state index in [1.165, 1.54) is 20.8 Å². The Hall–Kier alpha value is -1.47. The van der Waals surface area contributed by atoms with E-state index in [4.69, 9.17) is 9.84 Å². The molecule has 1 N–H and O–H groups in total. The van der Waals surface area contributed by atoms with Gasteiger partial charge in [0.25, 0.3) is 0 Å². The number of likely N-dealkylation sites (N-methyl/N-ethyl adjacent to an activating group) is 1. The molecule has 0 fully saturated rings. The molecule has 0 saturated heterocycles. The van der Waals surface area contributed by atoms with Crippen LogP contribution in [0.5, 0.6) is 0 Å². The Labute approximate surface area is 103 Å². The molecular formula is C10H16F3NO4. The Balaban J connectivity index is 5.31. The first-order valence-electron chi connectivity index (χ1n) is 5.00. The lowest BCUT2D eigenvalue weighted by molar-refractivity contribution is -0.226. The first-order chi connectivity index (χ1) is 7.73. The molecule has 0 aliphatic rings. The summed E-state index contributed by atoms with van der Waals surface area (Å²) in [5, 5.41) is 8.72. The van der Waals surface area contributed by atoms with Crippen molar-refractivity contribution < 1.29 is 32.6 Å². The Bertz CT molecular complexity index is 348. The highest BCUT2D eigenvalue weighted by molar-refractivity contribution is 5.85. The van der Waals surface area contributed by atoms with Crippen LogP contribution in [0, 0.1) is 0 Å². The van der Waals surface area contributed by atoms with Crippen molar-refractivity contribution in [2.45, 2.75) is 45.0 Å². The second kappa shape index (κ2) is 4.66. The molecule has 106 valence electrons. The number of nitrogens with zero attached hydrogens (tertiary/aromatic N) is 1. The fourth-order valence-corrected chi connectivity index (χ4v) is 0.968. The summed E-state index contributed by atoms with van der Waals surface area (Å²) in [5.41, 5.74) is -4.36. The number of aliphatic carboxylic acids is 1. The molecule has 1 amide bonds. The number of alkyl halides is 3. The maximum atomic E-state index is 12.8. The lowest BCUT2D eigenvalue weighted by Gasteiger charge is -2.37. The van der Waals surface area contributed by atoms with E-state index in [1.54, 1.807) is 0 Å². The molecule has 0 aliphatic heterocycles. The van der Waals surface area contributed by atoms with Gasteiger partial charge < -0.3 is 9.84 Å². The molecule has 1 atom stereocenters. The van der Waals surface area contributed by atoms with E-state index >= 15 is 0 Å². The number of hydrogen-bond acceptors (Lipinski definition) is 3. The molecular weight excluding hydrogens is 255 g/mol. The Morgan fingerprint density at radius 3 is 1.72 bits per heavy atom. The third-order valence-corrected chi connectivity index (χ3v) is 2.31. The highest BCUT2D eigenvalue weighted by atomic mass is 19.4. The predicted octanol–water partition coefficient (Wildman–Crippen LogP) is 2.26. The largest absolute Gasteiger partial charge is 0.479 e. The fraction of sp³-hybridized carbons (Fsp3) is 0.800. The minimum atomic E-state index is -5.12. The lowest BCUT2D eigenvalue weighted by atomic mass is 10.0. The van der Waals surface area contributed by atoms with Crippen LogP contribution < -0.4 is 0 Å². The monoisotopic (exact) mass is 271 g/mol. The van der Waals surface area contributed by atoms with Gasteiger partial charge in [-0.3, -0.25) is 4.90 Å². The predicted molar refractivity (Wildman–Crippen MR) is 56.1 cm³/mol. The fourth-order valence-electron chi connectivity index (χ4n) is 0.968. The average molecular weight is 271 g/mol. The van der Waals surface area contributed by atoms with Gasteiger partial charge in [-0.1, -0.05) is 0 Å². The van der Waals surface area contributed by atoms with E-state index in [9.17, 15) is 22.8 Å². The Kier molecular flexibility index (Phi) is 4.28. The summed E-state index contributed by atoms with van der Waals surface area (Å²) in [5.74, 6) is -2.18. The zero-order valence-electron chi connectivity index (χ0n) is 10.8. The van der Waals surface area contributed by atoms with Crippen LogP contribution in [-0.4, -0.2) is 46.4 Å². The summed E-state index contributed by atoms with van der Waals surface area (Å²) in [4.78, 5) is 22.3. The van der Waals surface area contributed by atoms with Gasteiger partial charge in [-0.15, -0.1) is 0 Å². The Morgan fingerprint density at radius 1 is 1.11 bits per heavy atom. The molecule has 8 heteroatoms. The average Bonchev–Trinajstić information content (AvgIpc) is 2.10. The van der Waals surface area contributed by atoms with Crippen molar-refractivity contribution >= 4 is 12.1 Å². The maximum Gasteiger partial charge on any atom is 0.422 e. The third-order valence-electron chi connectivity index (χ3n) is 2.31. The van der Waals surface area contributed by atoms with Gasteiger partial charge in [-0.2, -0.15) is 13.2 Å². The molecule has 0 aliphatic carbocycles. The van der Waals surface area contributed by atoms with Crippen LogP contribution in [-0.2, 0) is 9.53 Å². The zero-order chi connectivity index (χ0) is 14.9. The number of carboxylic acids is 1. The first-order valence-corrected chi connectivity index (χ1v) is 5.00. The minimum Gasteiger partial charge on any atom is -0.479 e. The van der Waals surface area contributed by atoms with Crippen molar-refractivity contribution in [1.82, 2.24) is 4.90 Å². The van der Waals surface area contributed by atoms with E-state index in [0.29, 0.717) is 6.92 Å². The molecule has 0 aromatic rings. The highest BCUT2D eigenvalue weighted by Gasteiger charge is 2.62. The Morgan fingerprint density at radius 2 is 1.50 bits per heavy atom.